The van der Waals surface area contributed by atoms with E-state index < -0.39 is 16.6 Å². The third-order valence-electron chi connectivity index (χ3n) is 8.24. The number of carbonyl (C=O) groups excluding carboxylic acids is 1. The van der Waals surface area contributed by atoms with E-state index in [9.17, 15) is 4.79 Å². The molecule has 0 spiro atoms. The van der Waals surface area contributed by atoms with Gasteiger partial charge in [-0.05, 0) is 66.7 Å². The lowest BCUT2D eigenvalue weighted by Gasteiger charge is -2.41. The summed E-state index contributed by atoms with van der Waals surface area (Å²) in [5.41, 5.74) is 2.41. The Morgan fingerprint density at radius 2 is 1.53 bits per heavy atom. The van der Waals surface area contributed by atoms with E-state index in [1.165, 1.54) is 23.3 Å². The summed E-state index contributed by atoms with van der Waals surface area (Å²) in [6.45, 7) is 27.0. The molecule has 0 aromatic heterocycles. The van der Waals surface area contributed by atoms with Crippen LogP contribution in [0.3, 0.4) is 0 Å². The van der Waals surface area contributed by atoms with Crippen LogP contribution in [0.5, 0.6) is 0 Å². The first kappa shape index (κ1) is 32.8. The van der Waals surface area contributed by atoms with Crippen LogP contribution in [0, 0.1) is 5.92 Å². The Morgan fingerprint density at radius 1 is 1.00 bits per heavy atom. The smallest absolute Gasteiger partial charge is 0.251 e. The minimum absolute atomic E-state index is 0.0425. The van der Waals surface area contributed by atoms with E-state index >= 15 is 0 Å². The molecule has 0 aliphatic carbocycles. The van der Waals surface area contributed by atoms with Gasteiger partial charge in [-0.2, -0.15) is 0 Å². The Labute approximate surface area is 223 Å². The quantitative estimate of drug-likeness (QED) is 0.147. The Morgan fingerprint density at radius 3 is 2.00 bits per heavy atom. The lowest BCUT2D eigenvalue weighted by Crippen LogP contribution is -2.48. The van der Waals surface area contributed by atoms with E-state index in [0.29, 0.717) is 19.4 Å². The highest BCUT2D eigenvalue weighted by Gasteiger charge is 2.42. The molecular formula is C29H53NO4Si2. The highest BCUT2D eigenvalue weighted by Crippen LogP contribution is 2.40. The van der Waals surface area contributed by atoms with Crippen LogP contribution in [0.1, 0.15) is 65.5 Å². The lowest BCUT2D eigenvalue weighted by atomic mass is 9.90. The molecule has 0 bridgehead atoms. The second kappa shape index (κ2) is 13.0. The van der Waals surface area contributed by atoms with E-state index in [1.807, 2.05) is 6.08 Å². The average molecular weight is 536 g/mol. The number of aryl methyl sites for hydroxylation is 1. The molecule has 36 heavy (non-hydrogen) atoms. The van der Waals surface area contributed by atoms with Gasteiger partial charge in [-0.3, -0.25) is 9.63 Å². The van der Waals surface area contributed by atoms with Gasteiger partial charge < -0.3 is 8.85 Å². The largest absolute Gasteiger partial charge is 0.413 e. The predicted octanol–water partition coefficient (Wildman–Crippen LogP) is 7.74. The van der Waals surface area contributed by atoms with Crippen molar-refractivity contribution >= 4 is 22.5 Å². The van der Waals surface area contributed by atoms with Crippen molar-refractivity contribution < 1.29 is 18.5 Å². The third-order valence-corrected chi connectivity index (χ3v) is 17.2. The molecule has 0 fully saturated rings. The summed E-state index contributed by atoms with van der Waals surface area (Å²) >= 11 is 0. The molecule has 1 aromatic carbocycles. The molecule has 0 saturated heterocycles. The molecule has 1 amide bonds. The molecule has 206 valence electrons. The number of benzene rings is 1. The third kappa shape index (κ3) is 8.94. The maximum Gasteiger partial charge on any atom is 0.251 e. The second-order valence-electron chi connectivity index (χ2n) is 12.9. The molecular weight excluding hydrogens is 482 g/mol. The van der Waals surface area contributed by atoms with Gasteiger partial charge in [0.25, 0.3) is 5.91 Å². The van der Waals surface area contributed by atoms with Crippen molar-refractivity contribution in [3.63, 3.8) is 0 Å². The summed E-state index contributed by atoms with van der Waals surface area (Å²) in [5, 5.41) is 1.53. The molecule has 0 aliphatic heterocycles. The van der Waals surface area contributed by atoms with Gasteiger partial charge in [0.05, 0.1) is 25.7 Å². The second-order valence-corrected chi connectivity index (χ2v) is 22.5. The van der Waals surface area contributed by atoms with Crippen molar-refractivity contribution in [1.82, 2.24) is 5.06 Å². The number of hydroxylamine groups is 2. The van der Waals surface area contributed by atoms with Crippen LogP contribution in [-0.2, 0) is 31.5 Å². The first-order valence-corrected chi connectivity index (χ1v) is 19.0. The first-order chi connectivity index (χ1) is 16.4. The van der Waals surface area contributed by atoms with Crippen LogP contribution >= 0.6 is 0 Å². The normalized spacial score (nSPS) is 14.9. The fourth-order valence-corrected chi connectivity index (χ4v) is 5.85. The van der Waals surface area contributed by atoms with Crippen molar-refractivity contribution in [2.75, 3.05) is 14.2 Å². The zero-order valence-corrected chi connectivity index (χ0v) is 27.2. The standard InChI is InChI=1S/C29H53NO4Si2/c1-14-17-26(34-36(12,13)29(5,6)7)25(27(31)30(8)32-9)21-20-23-18-15-16-19-24(23)22-33-35(10,11)28(2,3)4/h14-16,18-19,25-26H,1,17,20-22H2,2-13H3/t25-,26+/m0/s1. The number of hydrogen-bond donors (Lipinski definition) is 0. The average Bonchev–Trinajstić information content (AvgIpc) is 2.76. The summed E-state index contributed by atoms with van der Waals surface area (Å²) in [6.07, 6.45) is 3.67. The number of hydrogen-bond acceptors (Lipinski definition) is 4. The number of nitrogens with zero attached hydrogens (tertiary/aromatic N) is 1. The summed E-state index contributed by atoms with van der Waals surface area (Å²) in [5.74, 6) is -0.394. The fraction of sp³-hybridized carbons (Fsp3) is 0.690. The predicted molar refractivity (Wildman–Crippen MR) is 157 cm³/mol. The summed E-state index contributed by atoms with van der Waals surface area (Å²) in [7, 11) is -0.773. The molecule has 0 heterocycles. The maximum atomic E-state index is 13.5. The minimum Gasteiger partial charge on any atom is -0.413 e. The Hall–Kier alpha value is -1.26. The van der Waals surface area contributed by atoms with Gasteiger partial charge in [-0.25, -0.2) is 5.06 Å². The van der Waals surface area contributed by atoms with E-state index in [2.05, 4.69) is 98.6 Å². The van der Waals surface area contributed by atoms with E-state index in [-0.39, 0.29) is 28.0 Å². The van der Waals surface area contributed by atoms with Gasteiger partial charge in [0.1, 0.15) is 0 Å². The molecule has 7 heteroatoms. The number of amides is 1. The van der Waals surface area contributed by atoms with E-state index in [1.54, 1.807) is 7.05 Å². The molecule has 1 aromatic rings. The van der Waals surface area contributed by atoms with Crippen LogP contribution in [0.2, 0.25) is 36.3 Å². The van der Waals surface area contributed by atoms with Gasteiger partial charge in [0.15, 0.2) is 16.6 Å². The molecule has 0 N–H and O–H groups in total. The SMILES string of the molecule is C=CC[C@@H](O[Si](C)(C)C(C)(C)C)[C@H](CCc1ccccc1CO[Si](C)(C)C(C)(C)C)C(=O)N(C)OC. The molecule has 0 radical (unpaired) electrons. The molecule has 2 atom stereocenters. The topological polar surface area (TPSA) is 48.0 Å². The van der Waals surface area contributed by atoms with Crippen molar-refractivity contribution in [1.29, 1.82) is 0 Å². The Kier molecular flexibility index (Phi) is 11.8. The summed E-state index contributed by atoms with van der Waals surface area (Å²) in [6, 6.07) is 8.43. The first-order valence-electron chi connectivity index (χ1n) is 13.2. The van der Waals surface area contributed by atoms with Crippen molar-refractivity contribution in [2.24, 2.45) is 5.92 Å². The van der Waals surface area contributed by atoms with E-state index in [4.69, 9.17) is 13.7 Å². The van der Waals surface area contributed by atoms with Crippen LogP contribution in [0.25, 0.3) is 0 Å². The molecule has 0 unspecified atom stereocenters. The van der Waals surface area contributed by atoms with Crippen LogP contribution in [0.4, 0.5) is 0 Å². The van der Waals surface area contributed by atoms with Gasteiger partial charge in [0.2, 0.25) is 0 Å². The van der Waals surface area contributed by atoms with Gasteiger partial charge in [0, 0.05) is 7.05 Å². The molecule has 0 saturated carbocycles. The van der Waals surface area contributed by atoms with Gasteiger partial charge in [-0.15, -0.1) is 6.58 Å². The van der Waals surface area contributed by atoms with Crippen LogP contribution in [-0.4, -0.2) is 47.9 Å². The highest BCUT2D eigenvalue weighted by atomic mass is 28.4. The zero-order chi connectivity index (χ0) is 27.9. The Balaban J connectivity index is 3.23. The highest BCUT2D eigenvalue weighted by molar-refractivity contribution is 6.74. The lowest BCUT2D eigenvalue weighted by molar-refractivity contribution is -0.177. The maximum absolute atomic E-state index is 13.5. The molecule has 5 nitrogen and oxygen atoms in total. The van der Waals surface area contributed by atoms with Crippen molar-refractivity contribution in [2.45, 2.75) is 110 Å². The fourth-order valence-electron chi connectivity index (χ4n) is 3.53. The zero-order valence-electron chi connectivity index (χ0n) is 25.2. The van der Waals surface area contributed by atoms with Crippen molar-refractivity contribution in [3.05, 3.63) is 48.0 Å². The summed E-state index contributed by atoms with van der Waals surface area (Å²) < 4.78 is 13.3. The van der Waals surface area contributed by atoms with Crippen LogP contribution < -0.4 is 0 Å². The monoisotopic (exact) mass is 535 g/mol. The van der Waals surface area contributed by atoms with E-state index in [0.717, 1.165) is 6.42 Å². The Bertz CT molecular complexity index is 856. The van der Waals surface area contributed by atoms with Crippen LogP contribution in [0.15, 0.2) is 36.9 Å². The van der Waals surface area contributed by atoms with Gasteiger partial charge >= 0.3 is 0 Å². The molecule has 0 aliphatic rings. The minimum atomic E-state index is -2.10. The van der Waals surface area contributed by atoms with Crippen molar-refractivity contribution in [3.8, 4) is 0 Å². The number of rotatable bonds is 13. The number of carbonyl (C=O) groups is 1. The van der Waals surface area contributed by atoms with Gasteiger partial charge in [-0.1, -0.05) is 71.9 Å². The molecule has 1 rings (SSSR count). The summed E-state index contributed by atoms with van der Waals surface area (Å²) in [4.78, 5) is 18.8.